The number of amides is 2. The fourth-order valence-electron chi connectivity index (χ4n) is 2.96. The number of non-ortho nitro benzene ring substituents is 1. The van der Waals surface area contributed by atoms with Gasteiger partial charge in [0.1, 0.15) is 0 Å². The van der Waals surface area contributed by atoms with Crippen molar-refractivity contribution in [2.45, 2.75) is 19.8 Å². The molecule has 2 fully saturated rings. The van der Waals surface area contributed by atoms with Crippen molar-refractivity contribution >= 4 is 23.2 Å². The molecule has 8 heteroatoms. The number of piperazine rings is 1. The fraction of sp³-hybridized carbons (Fsp3) is 0.529. The second kappa shape index (κ2) is 7.08. The van der Waals surface area contributed by atoms with Crippen LogP contribution in [0.25, 0.3) is 0 Å². The van der Waals surface area contributed by atoms with Gasteiger partial charge in [-0.3, -0.25) is 19.7 Å². The van der Waals surface area contributed by atoms with Crippen molar-refractivity contribution in [2.24, 2.45) is 5.92 Å². The van der Waals surface area contributed by atoms with E-state index in [2.05, 4.69) is 5.32 Å². The standard InChI is InChI=1S/C17H22N4O4/c1-12-2-5-14(21(24)25)10-15(12)18-11-16(22)19-6-8-20(9-7-19)17(23)13-3-4-13/h2,5,10,13,18H,3-4,6-9,11H2,1H3. The molecule has 0 unspecified atom stereocenters. The van der Waals surface area contributed by atoms with Crippen molar-refractivity contribution in [1.82, 2.24) is 9.80 Å². The van der Waals surface area contributed by atoms with Gasteiger partial charge in [0.2, 0.25) is 11.8 Å². The van der Waals surface area contributed by atoms with E-state index in [9.17, 15) is 19.7 Å². The minimum absolute atomic E-state index is 0.00671. The van der Waals surface area contributed by atoms with Crippen molar-refractivity contribution in [3.05, 3.63) is 33.9 Å². The maximum absolute atomic E-state index is 12.4. The third kappa shape index (κ3) is 4.07. The Morgan fingerprint density at radius 3 is 2.44 bits per heavy atom. The Morgan fingerprint density at radius 1 is 1.20 bits per heavy atom. The van der Waals surface area contributed by atoms with E-state index in [1.165, 1.54) is 12.1 Å². The second-order valence-electron chi connectivity index (χ2n) is 6.59. The molecule has 1 N–H and O–H groups in total. The lowest BCUT2D eigenvalue weighted by molar-refractivity contribution is -0.384. The van der Waals surface area contributed by atoms with Crippen molar-refractivity contribution in [3.63, 3.8) is 0 Å². The van der Waals surface area contributed by atoms with Crippen LogP contribution in [0, 0.1) is 23.0 Å². The molecule has 1 aromatic carbocycles. The molecule has 0 radical (unpaired) electrons. The quantitative estimate of drug-likeness (QED) is 0.642. The summed E-state index contributed by atoms with van der Waals surface area (Å²) in [6.07, 6.45) is 1.98. The number of nitrogens with one attached hydrogen (secondary N) is 1. The van der Waals surface area contributed by atoms with Crippen LogP contribution in [-0.2, 0) is 9.59 Å². The summed E-state index contributed by atoms with van der Waals surface area (Å²) in [5, 5.41) is 13.8. The van der Waals surface area contributed by atoms with E-state index < -0.39 is 4.92 Å². The second-order valence-corrected chi connectivity index (χ2v) is 6.59. The Balaban J connectivity index is 1.51. The van der Waals surface area contributed by atoms with Gasteiger partial charge in [-0.15, -0.1) is 0 Å². The number of hydrogen-bond acceptors (Lipinski definition) is 5. The summed E-state index contributed by atoms with van der Waals surface area (Å²) in [5.74, 6) is 0.364. The van der Waals surface area contributed by atoms with Crippen LogP contribution in [0.5, 0.6) is 0 Å². The van der Waals surface area contributed by atoms with E-state index in [-0.39, 0.29) is 30.0 Å². The summed E-state index contributed by atoms with van der Waals surface area (Å²) in [7, 11) is 0. The third-order valence-electron chi connectivity index (χ3n) is 4.73. The zero-order valence-corrected chi connectivity index (χ0v) is 14.2. The lowest BCUT2D eigenvalue weighted by Gasteiger charge is -2.35. The van der Waals surface area contributed by atoms with Gasteiger partial charge >= 0.3 is 0 Å². The fourth-order valence-corrected chi connectivity index (χ4v) is 2.96. The Morgan fingerprint density at radius 2 is 1.84 bits per heavy atom. The highest BCUT2D eigenvalue weighted by molar-refractivity contribution is 5.83. The number of anilines is 1. The first-order valence-corrected chi connectivity index (χ1v) is 8.51. The number of carbonyl (C=O) groups excluding carboxylic acids is 2. The van der Waals surface area contributed by atoms with Gasteiger partial charge in [0.15, 0.2) is 0 Å². The molecule has 1 saturated carbocycles. The van der Waals surface area contributed by atoms with Crippen LogP contribution in [-0.4, -0.2) is 59.3 Å². The first-order valence-electron chi connectivity index (χ1n) is 8.51. The molecule has 2 aliphatic rings. The molecule has 134 valence electrons. The molecule has 0 aromatic heterocycles. The van der Waals surface area contributed by atoms with E-state index >= 15 is 0 Å². The first kappa shape index (κ1) is 17.2. The van der Waals surface area contributed by atoms with Gasteiger partial charge in [0.25, 0.3) is 5.69 Å². The molecule has 1 aliphatic heterocycles. The van der Waals surface area contributed by atoms with Gasteiger partial charge in [-0.25, -0.2) is 0 Å². The normalized spacial score (nSPS) is 17.3. The zero-order chi connectivity index (χ0) is 18.0. The van der Waals surface area contributed by atoms with Gasteiger partial charge in [-0.2, -0.15) is 0 Å². The average Bonchev–Trinajstić information content (AvgIpc) is 3.45. The van der Waals surface area contributed by atoms with Crippen LogP contribution in [0.4, 0.5) is 11.4 Å². The summed E-state index contributed by atoms with van der Waals surface area (Å²) in [4.78, 5) is 38.4. The third-order valence-corrected chi connectivity index (χ3v) is 4.73. The number of rotatable bonds is 5. The van der Waals surface area contributed by atoms with Crippen molar-refractivity contribution in [2.75, 3.05) is 38.0 Å². The molecule has 1 saturated heterocycles. The van der Waals surface area contributed by atoms with E-state index in [0.29, 0.717) is 31.9 Å². The van der Waals surface area contributed by atoms with Crippen LogP contribution in [0.3, 0.4) is 0 Å². The van der Waals surface area contributed by atoms with E-state index in [4.69, 9.17) is 0 Å². The van der Waals surface area contributed by atoms with Crippen molar-refractivity contribution in [1.29, 1.82) is 0 Å². The van der Waals surface area contributed by atoms with Gasteiger partial charge in [0.05, 0.1) is 11.5 Å². The lowest BCUT2D eigenvalue weighted by Crippen LogP contribution is -2.52. The number of nitrogens with zero attached hydrogens (tertiary/aromatic N) is 3. The average molecular weight is 346 g/mol. The van der Waals surface area contributed by atoms with Gasteiger partial charge < -0.3 is 15.1 Å². The Bertz CT molecular complexity index is 694. The molecule has 0 spiro atoms. The zero-order valence-electron chi connectivity index (χ0n) is 14.2. The summed E-state index contributed by atoms with van der Waals surface area (Å²) >= 11 is 0. The lowest BCUT2D eigenvalue weighted by atomic mass is 10.2. The molecular weight excluding hydrogens is 324 g/mol. The Labute approximate surface area is 145 Å². The van der Waals surface area contributed by atoms with Crippen LogP contribution in [0.15, 0.2) is 18.2 Å². The molecular formula is C17H22N4O4. The molecule has 1 heterocycles. The van der Waals surface area contributed by atoms with Crippen LogP contribution < -0.4 is 5.32 Å². The number of hydrogen-bond donors (Lipinski definition) is 1. The van der Waals surface area contributed by atoms with E-state index in [0.717, 1.165) is 18.4 Å². The summed E-state index contributed by atoms with van der Waals surface area (Å²) in [5.41, 5.74) is 1.43. The highest BCUT2D eigenvalue weighted by atomic mass is 16.6. The highest BCUT2D eigenvalue weighted by Gasteiger charge is 2.35. The molecule has 25 heavy (non-hydrogen) atoms. The number of benzene rings is 1. The maximum atomic E-state index is 12.4. The predicted octanol–water partition coefficient (Wildman–Crippen LogP) is 1.40. The van der Waals surface area contributed by atoms with E-state index in [1.54, 1.807) is 11.0 Å². The van der Waals surface area contributed by atoms with Crippen molar-refractivity contribution in [3.8, 4) is 0 Å². The van der Waals surface area contributed by atoms with Crippen LogP contribution in [0.2, 0.25) is 0 Å². The summed E-state index contributed by atoms with van der Waals surface area (Å²) < 4.78 is 0. The number of nitro benzene ring substituents is 1. The minimum Gasteiger partial charge on any atom is -0.376 e. The molecule has 8 nitrogen and oxygen atoms in total. The monoisotopic (exact) mass is 346 g/mol. The molecule has 0 atom stereocenters. The minimum atomic E-state index is -0.456. The summed E-state index contributed by atoms with van der Waals surface area (Å²) in [6.45, 7) is 4.14. The van der Waals surface area contributed by atoms with Crippen LogP contribution >= 0.6 is 0 Å². The van der Waals surface area contributed by atoms with Crippen molar-refractivity contribution < 1.29 is 14.5 Å². The number of aryl methyl sites for hydroxylation is 1. The predicted molar refractivity (Wildman–Crippen MR) is 92.2 cm³/mol. The molecule has 3 rings (SSSR count). The molecule has 1 aliphatic carbocycles. The maximum Gasteiger partial charge on any atom is 0.271 e. The SMILES string of the molecule is Cc1ccc([N+](=O)[O-])cc1NCC(=O)N1CCN(C(=O)C2CC2)CC1. The Hall–Kier alpha value is -2.64. The Kier molecular flexibility index (Phi) is 4.87. The van der Waals surface area contributed by atoms with E-state index in [1.807, 2.05) is 11.8 Å². The van der Waals surface area contributed by atoms with Gasteiger partial charge in [-0.05, 0) is 25.3 Å². The van der Waals surface area contributed by atoms with Gasteiger partial charge in [0, 0.05) is 49.9 Å². The summed E-state index contributed by atoms with van der Waals surface area (Å²) in [6, 6.07) is 4.54. The smallest absolute Gasteiger partial charge is 0.271 e. The molecule has 2 amide bonds. The molecule has 1 aromatic rings. The first-order chi connectivity index (χ1) is 12.0. The molecule has 0 bridgehead atoms. The highest BCUT2D eigenvalue weighted by Crippen LogP contribution is 2.31. The van der Waals surface area contributed by atoms with Gasteiger partial charge in [-0.1, -0.05) is 6.07 Å². The topological polar surface area (TPSA) is 95.8 Å². The van der Waals surface area contributed by atoms with Crippen LogP contribution in [0.1, 0.15) is 18.4 Å². The number of nitro groups is 1. The number of carbonyl (C=O) groups is 2. The largest absolute Gasteiger partial charge is 0.376 e.